The lowest BCUT2D eigenvalue weighted by molar-refractivity contribution is -0.120. The molecule has 7 heteroatoms. The molecule has 0 bridgehead atoms. The maximum absolute atomic E-state index is 12.1. The van der Waals surface area contributed by atoms with Gasteiger partial charge < -0.3 is 10.0 Å². The molecule has 2 rings (SSSR count). The molecule has 0 radical (unpaired) electrons. The number of aromatic nitrogens is 3. The summed E-state index contributed by atoms with van der Waals surface area (Å²) in [6.45, 7) is 3.87. The van der Waals surface area contributed by atoms with Crippen LogP contribution < -0.4 is 4.90 Å². The number of nitrogens with zero attached hydrogens (tertiary/aromatic N) is 4. The first kappa shape index (κ1) is 15.5. The lowest BCUT2D eigenvalue weighted by Crippen LogP contribution is -2.32. The number of carbonyl (C=O) groups is 1. The monoisotopic (exact) mass is 308 g/mol. The molecule has 0 saturated carbocycles. The van der Waals surface area contributed by atoms with Gasteiger partial charge in [-0.2, -0.15) is 5.10 Å². The van der Waals surface area contributed by atoms with Gasteiger partial charge in [0.2, 0.25) is 5.91 Å². The van der Waals surface area contributed by atoms with Crippen molar-refractivity contribution >= 4 is 23.2 Å². The van der Waals surface area contributed by atoms with E-state index in [4.69, 9.17) is 11.6 Å². The van der Waals surface area contributed by atoms with Crippen molar-refractivity contribution in [1.29, 1.82) is 0 Å². The second-order valence-corrected chi connectivity index (χ2v) is 5.01. The van der Waals surface area contributed by atoms with Crippen molar-refractivity contribution < 1.29 is 9.90 Å². The van der Waals surface area contributed by atoms with Crippen molar-refractivity contribution in [1.82, 2.24) is 14.8 Å². The van der Waals surface area contributed by atoms with Crippen molar-refractivity contribution in [3.63, 3.8) is 0 Å². The van der Waals surface area contributed by atoms with E-state index >= 15 is 0 Å². The standard InChI is InChI=1S/C14H17ClN4O2/c1-3-18(13(21)7-10(2)20)12-9-19(17-14(12)15)11-5-4-6-16-8-11/h4-6,8-10,20H,3,7H2,1-2H3. The highest BCUT2D eigenvalue weighted by Gasteiger charge is 2.21. The molecule has 0 fully saturated rings. The normalized spacial score (nSPS) is 12.2. The molecule has 1 amide bonds. The minimum atomic E-state index is -0.696. The Bertz CT molecular complexity index is 613. The molecular formula is C14H17ClN4O2. The molecular weight excluding hydrogens is 292 g/mol. The number of anilines is 1. The summed E-state index contributed by atoms with van der Waals surface area (Å²) < 4.78 is 1.57. The van der Waals surface area contributed by atoms with Crippen molar-refractivity contribution in [3.8, 4) is 5.69 Å². The summed E-state index contributed by atoms with van der Waals surface area (Å²) in [6.07, 6.45) is 4.35. The third-order valence-corrected chi connectivity index (χ3v) is 3.21. The minimum Gasteiger partial charge on any atom is -0.393 e. The number of carbonyl (C=O) groups excluding carboxylic acids is 1. The van der Waals surface area contributed by atoms with Crippen LogP contribution in [0, 0.1) is 0 Å². The van der Waals surface area contributed by atoms with Crippen molar-refractivity contribution in [2.24, 2.45) is 0 Å². The van der Waals surface area contributed by atoms with E-state index in [1.165, 1.54) is 4.90 Å². The molecule has 2 heterocycles. The highest BCUT2D eigenvalue weighted by molar-refractivity contribution is 6.32. The van der Waals surface area contributed by atoms with Crippen LogP contribution in [0.15, 0.2) is 30.7 Å². The minimum absolute atomic E-state index is 0.0439. The molecule has 2 aromatic heterocycles. The van der Waals surface area contributed by atoms with Crippen molar-refractivity contribution in [2.45, 2.75) is 26.4 Å². The van der Waals surface area contributed by atoms with Crippen LogP contribution in [0.5, 0.6) is 0 Å². The van der Waals surface area contributed by atoms with Gasteiger partial charge >= 0.3 is 0 Å². The van der Waals surface area contributed by atoms with Crippen LogP contribution >= 0.6 is 11.6 Å². The smallest absolute Gasteiger partial charge is 0.229 e. The van der Waals surface area contributed by atoms with Crippen LogP contribution in [0.4, 0.5) is 5.69 Å². The van der Waals surface area contributed by atoms with Gasteiger partial charge in [-0.05, 0) is 26.0 Å². The number of aliphatic hydroxyl groups is 1. The van der Waals surface area contributed by atoms with Gasteiger partial charge in [0.25, 0.3) is 0 Å². The predicted molar refractivity (Wildman–Crippen MR) is 80.7 cm³/mol. The third-order valence-electron chi connectivity index (χ3n) is 2.94. The second-order valence-electron chi connectivity index (χ2n) is 4.65. The molecule has 112 valence electrons. The van der Waals surface area contributed by atoms with E-state index in [0.717, 1.165) is 5.69 Å². The van der Waals surface area contributed by atoms with E-state index in [1.54, 1.807) is 36.3 Å². The summed E-state index contributed by atoms with van der Waals surface area (Å²) in [5.41, 5.74) is 1.28. The molecule has 1 atom stereocenters. The number of hydrogen-bond acceptors (Lipinski definition) is 4. The van der Waals surface area contributed by atoms with Gasteiger partial charge in [0.05, 0.1) is 30.6 Å². The number of halogens is 1. The molecule has 0 aliphatic rings. The Kier molecular flexibility index (Phi) is 4.93. The Morgan fingerprint density at radius 1 is 1.57 bits per heavy atom. The van der Waals surface area contributed by atoms with Gasteiger partial charge in [0, 0.05) is 12.7 Å². The molecule has 0 aromatic carbocycles. The average Bonchev–Trinajstić information content (AvgIpc) is 2.82. The maximum atomic E-state index is 12.1. The van der Waals surface area contributed by atoms with Crippen LogP contribution in [0.2, 0.25) is 5.15 Å². The summed E-state index contributed by atoms with van der Waals surface area (Å²) in [5, 5.41) is 13.8. The lowest BCUT2D eigenvalue weighted by atomic mass is 10.2. The zero-order valence-corrected chi connectivity index (χ0v) is 12.7. The van der Waals surface area contributed by atoms with Crippen molar-refractivity contribution in [3.05, 3.63) is 35.9 Å². The molecule has 0 aliphatic heterocycles. The van der Waals surface area contributed by atoms with E-state index in [9.17, 15) is 9.90 Å². The van der Waals surface area contributed by atoms with E-state index in [2.05, 4.69) is 10.1 Å². The summed E-state index contributed by atoms with van der Waals surface area (Å²) in [4.78, 5) is 17.7. The largest absolute Gasteiger partial charge is 0.393 e. The molecule has 6 nitrogen and oxygen atoms in total. The first-order valence-electron chi connectivity index (χ1n) is 6.67. The lowest BCUT2D eigenvalue weighted by Gasteiger charge is -2.20. The summed E-state index contributed by atoms with van der Waals surface area (Å²) in [7, 11) is 0. The fourth-order valence-corrected chi connectivity index (χ4v) is 2.22. The molecule has 0 aliphatic carbocycles. The van der Waals surface area contributed by atoms with E-state index in [-0.39, 0.29) is 17.5 Å². The van der Waals surface area contributed by atoms with Gasteiger partial charge in [-0.25, -0.2) is 4.68 Å². The molecule has 0 saturated heterocycles. The fraction of sp³-hybridized carbons (Fsp3) is 0.357. The van der Waals surface area contributed by atoms with Crippen molar-refractivity contribution in [2.75, 3.05) is 11.4 Å². The number of pyridine rings is 1. The van der Waals surface area contributed by atoms with Crippen LogP contribution in [0.3, 0.4) is 0 Å². The molecule has 21 heavy (non-hydrogen) atoms. The van der Waals surface area contributed by atoms with Crippen LogP contribution in [0.1, 0.15) is 20.3 Å². The zero-order valence-electron chi connectivity index (χ0n) is 11.9. The quantitative estimate of drug-likeness (QED) is 0.917. The molecule has 2 aromatic rings. The zero-order chi connectivity index (χ0) is 15.4. The number of hydrogen-bond donors (Lipinski definition) is 1. The van der Waals surface area contributed by atoms with E-state index < -0.39 is 6.10 Å². The highest BCUT2D eigenvalue weighted by Crippen LogP contribution is 2.26. The first-order chi connectivity index (χ1) is 10.0. The maximum Gasteiger partial charge on any atom is 0.229 e. The molecule has 1 unspecified atom stereocenters. The van der Waals surface area contributed by atoms with Gasteiger partial charge in [0.15, 0.2) is 5.15 Å². The topological polar surface area (TPSA) is 71.2 Å². The third kappa shape index (κ3) is 3.59. The van der Waals surface area contributed by atoms with Gasteiger partial charge in [-0.3, -0.25) is 9.78 Å². The Morgan fingerprint density at radius 2 is 2.33 bits per heavy atom. The average molecular weight is 309 g/mol. The number of amides is 1. The Morgan fingerprint density at radius 3 is 2.90 bits per heavy atom. The summed E-state index contributed by atoms with van der Waals surface area (Å²) >= 11 is 6.14. The Balaban J connectivity index is 2.31. The second kappa shape index (κ2) is 6.69. The Hall–Kier alpha value is -1.92. The van der Waals surface area contributed by atoms with Gasteiger partial charge in [-0.15, -0.1) is 0 Å². The van der Waals surface area contributed by atoms with E-state index in [1.807, 2.05) is 13.0 Å². The fourth-order valence-electron chi connectivity index (χ4n) is 1.99. The first-order valence-corrected chi connectivity index (χ1v) is 7.04. The van der Waals surface area contributed by atoms with Crippen LogP contribution in [-0.2, 0) is 4.79 Å². The highest BCUT2D eigenvalue weighted by atomic mass is 35.5. The molecule has 0 spiro atoms. The van der Waals surface area contributed by atoms with Gasteiger partial charge in [0.1, 0.15) is 5.69 Å². The molecule has 1 N–H and O–H groups in total. The van der Waals surface area contributed by atoms with Crippen LogP contribution in [-0.4, -0.2) is 38.4 Å². The summed E-state index contributed by atoms with van der Waals surface area (Å²) in [5.74, 6) is -0.194. The SMILES string of the molecule is CCN(C(=O)CC(C)O)c1cn(-c2cccnc2)nc1Cl. The van der Waals surface area contributed by atoms with Crippen LogP contribution in [0.25, 0.3) is 5.69 Å². The summed E-state index contributed by atoms with van der Waals surface area (Å²) in [6, 6.07) is 3.63. The van der Waals surface area contributed by atoms with E-state index in [0.29, 0.717) is 12.2 Å². The predicted octanol–water partition coefficient (Wildman–Crippen LogP) is 2.04. The Labute approximate surface area is 128 Å². The van der Waals surface area contributed by atoms with Gasteiger partial charge in [-0.1, -0.05) is 11.6 Å². The number of aliphatic hydroxyl groups excluding tert-OH is 1. The number of rotatable bonds is 5.